The second-order valence-corrected chi connectivity index (χ2v) is 16.8. The minimum atomic E-state index is -0.695. The fourth-order valence-corrected chi connectivity index (χ4v) is 7.40. The number of hydrogen-bond donors (Lipinski definition) is 3. The highest BCUT2D eigenvalue weighted by molar-refractivity contribution is 5.76. The topological polar surface area (TPSA) is 95.9 Å². The number of ether oxygens (including phenoxy) is 1. The summed E-state index contributed by atoms with van der Waals surface area (Å²) in [6.45, 7) is 4.83. The lowest BCUT2D eigenvalue weighted by molar-refractivity contribution is -0.143. The van der Waals surface area contributed by atoms with E-state index in [2.05, 4.69) is 43.5 Å². The molecule has 330 valence electrons. The Balaban J connectivity index is 3.56. The molecule has 0 aliphatic rings. The van der Waals surface area contributed by atoms with E-state index < -0.39 is 12.1 Å². The van der Waals surface area contributed by atoms with Crippen molar-refractivity contribution in [3.8, 4) is 0 Å². The van der Waals surface area contributed by atoms with E-state index in [1.165, 1.54) is 154 Å². The van der Waals surface area contributed by atoms with E-state index in [-0.39, 0.29) is 18.5 Å². The van der Waals surface area contributed by atoms with E-state index in [1.807, 2.05) is 0 Å². The number of aliphatic hydroxyl groups excluding tert-OH is 2. The van der Waals surface area contributed by atoms with E-state index in [0.717, 1.165) is 70.6 Å². The van der Waals surface area contributed by atoms with E-state index >= 15 is 0 Å². The van der Waals surface area contributed by atoms with Crippen LogP contribution in [0, 0.1) is 0 Å². The van der Waals surface area contributed by atoms with Gasteiger partial charge in [-0.15, -0.1) is 0 Å². The van der Waals surface area contributed by atoms with Gasteiger partial charge in [-0.05, 0) is 70.6 Å². The molecule has 0 rings (SSSR count). The van der Waals surface area contributed by atoms with Gasteiger partial charge in [0.2, 0.25) is 5.91 Å². The lowest BCUT2D eigenvalue weighted by Crippen LogP contribution is -2.45. The van der Waals surface area contributed by atoms with Crippen LogP contribution in [0.25, 0.3) is 0 Å². The minimum absolute atomic E-state index is 0.0458. The molecular formula is C50H95NO5. The van der Waals surface area contributed by atoms with E-state index in [0.29, 0.717) is 25.9 Å². The lowest BCUT2D eigenvalue weighted by atomic mass is 10.0. The zero-order valence-corrected chi connectivity index (χ0v) is 37.4. The molecule has 0 aromatic carbocycles. The Bertz CT molecular complexity index is 874. The summed E-state index contributed by atoms with van der Waals surface area (Å²) in [5, 5.41) is 23.2. The van der Waals surface area contributed by atoms with Gasteiger partial charge in [-0.1, -0.05) is 199 Å². The number of carbonyl (C=O) groups excluding carboxylic acids is 2. The lowest BCUT2D eigenvalue weighted by Gasteiger charge is -2.22. The number of rotatable bonds is 45. The Morgan fingerprint density at radius 2 is 0.857 bits per heavy atom. The van der Waals surface area contributed by atoms with Crippen LogP contribution in [0.4, 0.5) is 0 Å². The summed E-state index contributed by atoms with van der Waals surface area (Å²) in [5.41, 5.74) is 0. The van der Waals surface area contributed by atoms with Gasteiger partial charge in [0.05, 0.1) is 25.4 Å². The van der Waals surface area contributed by atoms with Gasteiger partial charge in [0.1, 0.15) is 0 Å². The largest absolute Gasteiger partial charge is 0.466 e. The van der Waals surface area contributed by atoms with Gasteiger partial charge >= 0.3 is 5.97 Å². The summed E-state index contributed by atoms with van der Waals surface area (Å²) in [7, 11) is 0. The third-order valence-electron chi connectivity index (χ3n) is 11.2. The first kappa shape index (κ1) is 54.3. The molecule has 2 atom stereocenters. The van der Waals surface area contributed by atoms with Crippen molar-refractivity contribution >= 4 is 11.9 Å². The minimum Gasteiger partial charge on any atom is -0.466 e. The Labute approximate surface area is 348 Å². The molecule has 56 heavy (non-hydrogen) atoms. The predicted octanol–water partition coefficient (Wildman–Crippen LogP) is 14.3. The van der Waals surface area contributed by atoms with E-state index in [1.54, 1.807) is 0 Å². The van der Waals surface area contributed by atoms with Crippen LogP contribution in [0.1, 0.15) is 258 Å². The van der Waals surface area contributed by atoms with Gasteiger partial charge in [-0.3, -0.25) is 9.59 Å². The molecule has 6 heteroatoms. The SMILES string of the molecule is CCCCC/C=C\CCCCCCCC(=O)OCCCCCC/C=C\CCCC(=O)NC(CO)C(O)CCCCCCCCCCCCCCCCCCCC. The maximum absolute atomic E-state index is 12.4. The molecular weight excluding hydrogens is 695 g/mol. The van der Waals surface area contributed by atoms with Crippen molar-refractivity contribution in [3.05, 3.63) is 24.3 Å². The highest BCUT2D eigenvalue weighted by Crippen LogP contribution is 2.16. The molecule has 6 nitrogen and oxygen atoms in total. The van der Waals surface area contributed by atoms with Crippen molar-refractivity contribution in [1.82, 2.24) is 5.32 Å². The number of carbonyl (C=O) groups is 2. The Morgan fingerprint density at radius 1 is 0.482 bits per heavy atom. The summed E-state index contributed by atoms with van der Waals surface area (Å²) >= 11 is 0. The molecule has 0 saturated carbocycles. The zero-order valence-electron chi connectivity index (χ0n) is 37.4. The fourth-order valence-electron chi connectivity index (χ4n) is 7.40. The molecule has 0 aliphatic carbocycles. The van der Waals surface area contributed by atoms with Crippen LogP contribution >= 0.6 is 0 Å². The van der Waals surface area contributed by atoms with E-state index in [4.69, 9.17) is 4.74 Å². The van der Waals surface area contributed by atoms with Gasteiger partial charge in [0, 0.05) is 12.8 Å². The first-order valence-corrected chi connectivity index (χ1v) is 24.6. The molecule has 2 unspecified atom stereocenters. The molecule has 1 amide bonds. The zero-order chi connectivity index (χ0) is 40.8. The Hall–Kier alpha value is -1.66. The molecule has 0 spiro atoms. The van der Waals surface area contributed by atoms with Gasteiger partial charge in [0.25, 0.3) is 0 Å². The number of esters is 1. The molecule has 0 radical (unpaired) electrons. The maximum atomic E-state index is 12.4. The van der Waals surface area contributed by atoms with Crippen LogP contribution in [-0.4, -0.2) is 47.4 Å². The second-order valence-electron chi connectivity index (χ2n) is 16.8. The van der Waals surface area contributed by atoms with Crippen LogP contribution in [0.3, 0.4) is 0 Å². The van der Waals surface area contributed by atoms with Crippen molar-refractivity contribution in [2.45, 2.75) is 270 Å². The van der Waals surface area contributed by atoms with Crippen LogP contribution in [0.2, 0.25) is 0 Å². The van der Waals surface area contributed by atoms with Gasteiger partial charge < -0.3 is 20.3 Å². The highest BCUT2D eigenvalue weighted by Gasteiger charge is 2.20. The summed E-state index contributed by atoms with van der Waals surface area (Å²) in [6, 6.07) is -0.579. The highest BCUT2D eigenvalue weighted by atomic mass is 16.5. The average molecular weight is 790 g/mol. The average Bonchev–Trinajstić information content (AvgIpc) is 3.20. The number of nitrogens with one attached hydrogen (secondary N) is 1. The maximum Gasteiger partial charge on any atom is 0.305 e. The number of aliphatic hydroxyl groups is 2. The molecule has 0 heterocycles. The third-order valence-corrected chi connectivity index (χ3v) is 11.2. The molecule has 0 fully saturated rings. The molecule has 0 bridgehead atoms. The fraction of sp³-hybridized carbons (Fsp3) is 0.880. The predicted molar refractivity (Wildman–Crippen MR) is 241 cm³/mol. The molecule has 0 saturated heterocycles. The molecule has 3 N–H and O–H groups in total. The Morgan fingerprint density at radius 3 is 1.34 bits per heavy atom. The second kappa shape index (κ2) is 46.0. The van der Waals surface area contributed by atoms with Crippen molar-refractivity contribution in [2.24, 2.45) is 0 Å². The molecule has 0 aliphatic heterocycles. The number of amides is 1. The normalized spacial score (nSPS) is 12.9. The smallest absolute Gasteiger partial charge is 0.305 e. The van der Waals surface area contributed by atoms with Crippen LogP contribution in [-0.2, 0) is 14.3 Å². The summed E-state index contributed by atoms with van der Waals surface area (Å²) in [4.78, 5) is 24.4. The van der Waals surface area contributed by atoms with Gasteiger partial charge in [-0.25, -0.2) is 0 Å². The van der Waals surface area contributed by atoms with Crippen LogP contribution < -0.4 is 5.32 Å². The van der Waals surface area contributed by atoms with Gasteiger partial charge in [-0.2, -0.15) is 0 Å². The van der Waals surface area contributed by atoms with Crippen molar-refractivity contribution in [3.63, 3.8) is 0 Å². The summed E-state index contributed by atoms with van der Waals surface area (Å²) < 4.78 is 5.42. The van der Waals surface area contributed by atoms with Crippen molar-refractivity contribution in [2.75, 3.05) is 13.2 Å². The van der Waals surface area contributed by atoms with Crippen molar-refractivity contribution in [1.29, 1.82) is 0 Å². The summed E-state index contributed by atoms with van der Waals surface area (Å²) in [5.74, 6) is -0.141. The van der Waals surface area contributed by atoms with Crippen LogP contribution in [0.5, 0.6) is 0 Å². The standard InChI is InChI=1S/C50H95NO5/c1-3-5-7-9-11-13-15-17-18-19-20-21-22-23-26-30-34-38-42-48(53)47(46-52)51-49(54)43-39-35-31-27-25-29-33-37-41-45-56-50(55)44-40-36-32-28-24-16-14-12-10-8-6-4-2/h12,14,27,31,47-48,52-53H,3-11,13,15-26,28-30,32-46H2,1-2H3,(H,51,54)/b14-12-,31-27-. The number of allylic oxidation sites excluding steroid dienone is 4. The Kier molecular flexibility index (Phi) is 44.7. The molecule has 0 aromatic rings. The molecule has 0 aromatic heterocycles. The van der Waals surface area contributed by atoms with Crippen LogP contribution in [0.15, 0.2) is 24.3 Å². The van der Waals surface area contributed by atoms with Gasteiger partial charge in [0.15, 0.2) is 0 Å². The first-order valence-electron chi connectivity index (χ1n) is 24.6. The van der Waals surface area contributed by atoms with Crippen molar-refractivity contribution < 1.29 is 24.5 Å². The first-order chi connectivity index (χ1) is 27.5. The summed E-state index contributed by atoms with van der Waals surface area (Å²) in [6.07, 6.45) is 52.9. The number of unbranched alkanes of at least 4 members (excludes halogenated alkanes) is 30. The monoisotopic (exact) mass is 790 g/mol. The van der Waals surface area contributed by atoms with E-state index in [9.17, 15) is 19.8 Å². The third kappa shape index (κ3) is 42.0. The number of hydrogen-bond acceptors (Lipinski definition) is 5. The quantitative estimate of drug-likeness (QED) is 0.0324.